The van der Waals surface area contributed by atoms with Gasteiger partial charge < -0.3 is 5.11 Å². The molecule has 1 aromatic carbocycles. The van der Waals surface area contributed by atoms with Gasteiger partial charge in [0, 0.05) is 6.07 Å². The molecule has 1 aromatic rings. The minimum Gasteiger partial charge on any atom is -0.508 e. The minimum atomic E-state index is -0.792. The zero-order chi connectivity index (χ0) is 9.30. The fourth-order valence-corrected chi connectivity index (χ4v) is 1.07. The second-order valence-electron chi connectivity index (χ2n) is 2.53. The van der Waals surface area contributed by atoms with E-state index in [2.05, 4.69) is 6.58 Å². The lowest BCUT2D eigenvalue weighted by Crippen LogP contribution is -1.94. The smallest absolute Gasteiger partial charge is 0.137 e. The summed E-state index contributed by atoms with van der Waals surface area (Å²) in [6.07, 6.45) is 0. The Kier molecular flexibility index (Phi) is 2.13. The Hall–Kier alpha value is -1.38. The fraction of sp³-hybridized carbons (Fsp3) is 0.111. The quantitative estimate of drug-likeness (QED) is 0.642. The van der Waals surface area contributed by atoms with Crippen molar-refractivity contribution in [3.05, 3.63) is 41.5 Å². The van der Waals surface area contributed by atoms with Crippen molar-refractivity contribution >= 4 is 5.76 Å². The number of aliphatic hydroxyl groups excluding tert-OH is 1. The minimum absolute atomic E-state index is 0.0311. The van der Waals surface area contributed by atoms with Crippen molar-refractivity contribution in [3.63, 3.8) is 0 Å². The second kappa shape index (κ2) is 2.93. The highest BCUT2D eigenvalue weighted by Gasteiger charge is 2.09. The standard InChI is InChI=1S/C9H8F2O/c1-5-3-7(10)4-8(11)9(5)6(2)12/h3-4,12H,2H2,1H3. The topological polar surface area (TPSA) is 20.2 Å². The van der Waals surface area contributed by atoms with Gasteiger partial charge >= 0.3 is 0 Å². The molecule has 0 spiro atoms. The summed E-state index contributed by atoms with van der Waals surface area (Å²) in [5.74, 6) is -1.83. The number of hydrogen-bond acceptors (Lipinski definition) is 1. The van der Waals surface area contributed by atoms with Crippen LogP contribution in [0.5, 0.6) is 0 Å². The average Bonchev–Trinajstić information content (AvgIpc) is 1.82. The summed E-state index contributed by atoms with van der Waals surface area (Å²) in [5.41, 5.74) is 0.302. The molecule has 0 saturated carbocycles. The van der Waals surface area contributed by atoms with Crippen LogP contribution in [0.3, 0.4) is 0 Å². The molecule has 12 heavy (non-hydrogen) atoms. The van der Waals surface area contributed by atoms with E-state index in [0.717, 1.165) is 6.07 Å². The van der Waals surface area contributed by atoms with Crippen LogP contribution in [-0.4, -0.2) is 5.11 Å². The highest BCUT2D eigenvalue weighted by Crippen LogP contribution is 2.20. The Labute approximate surface area is 69.0 Å². The van der Waals surface area contributed by atoms with Gasteiger partial charge in [-0.1, -0.05) is 6.58 Å². The van der Waals surface area contributed by atoms with Gasteiger partial charge in [-0.2, -0.15) is 0 Å². The molecule has 0 aliphatic carbocycles. The number of benzene rings is 1. The first-order chi connectivity index (χ1) is 5.52. The predicted molar refractivity (Wildman–Crippen MR) is 42.8 cm³/mol. The van der Waals surface area contributed by atoms with Crippen LogP contribution in [0.15, 0.2) is 18.7 Å². The molecule has 1 rings (SSSR count). The third-order valence-electron chi connectivity index (χ3n) is 1.54. The Morgan fingerprint density at radius 1 is 1.42 bits per heavy atom. The zero-order valence-electron chi connectivity index (χ0n) is 6.56. The number of aryl methyl sites for hydroxylation is 1. The molecule has 0 aliphatic rings. The van der Waals surface area contributed by atoms with Gasteiger partial charge in [-0.3, -0.25) is 0 Å². The van der Waals surface area contributed by atoms with E-state index in [9.17, 15) is 8.78 Å². The van der Waals surface area contributed by atoms with Crippen molar-refractivity contribution < 1.29 is 13.9 Å². The molecule has 0 atom stereocenters. The summed E-state index contributed by atoms with van der Waals surface area (Å²) < 4.78 is 25.4. The van der Waals surface area contributed by atoms with E-state index in [0.29, 0.717) is 11.6 Å². The van der Waals surface area contributed by atoms with Crippen molar-refractivity contribution in [1.82, 2.24) is 0 Å². The highest BCUT2D eigenvalue weighted by atomic mass is 19.1. The van der Waals surface area contributed by atoms with E-state index in [1.54, 1.807) is 0 Å². The number of aliphatic hydroxyl groups is 1. The van der Waals surface area contributed by atoms with E-state index in [-0.39, 0.29) is 11.3 Å². The van der Waals surface area contributed by atoms with Crippen molar-refractivity contribution in [2.75, 3.05) is 0 Å². The molecule has 1 N–H and O–H groups in total. The number of halogens is 2. The maximum atomic E-state index is 12.9. The van der Waals surface area contributed by atoms with Crippen LogP contribution in [0.2, 0.25) is 0 Å². The van der Waals surface area contributed by atoms with E-state index >= 15 is 0 Å². The Morgan fingerprint density at radius 2 is 2.00 bits per heavy atom. The van der Waals surface area contributed by atoms with E-state index in [4.69, 9.17) is 5.11 Å². The van der Waals surface area contributed by atoms with Gasteiger partial charge in [0.25, 0.3) is 0 Å². The molecule has 3 heteroatoms. The Balaban J connectivity index is 3.38. The molecule has 0 amide bonds. The first-order valence-electron chi connectivity index (χ1n) is 3.36. The lowest BCUT2D eigenvalue weighted by Gasteiger charge is -2.04. The van der Waals surface area contributed by atoms with Gasteiger partial charge in [0.05, 0.1) is 5.56 Å². The SMILES string of the molecule is C=C(O)c1c(C)cc(F)cc1F. The van der Waals surface area contributed by atoms with Gasteiger partial charge in [0.1, 0.15) is 17.4 Å². The first-order valence-corrected chi connectivity index (χ1v) is 3.36. The largest absolute Gasteiger partial charge is 0.508 e. The van der Waals surface area contributed by atoms with Crippen LogP contribution in [0.25, 0.3) is 5.76 Å². The van der Waals surface area contributed by atoms with Crippen molar-refractivity contribution in [2.24, 2.45) is 0 Å². The monoisotopic (exact) mass is 170 g/mol. The van der Waals surface area contributed by atoms with Crippen LogP contribution in [0.4, 0.5) is 8.78 Å². The lowest BCUT2D eigenvalue weighted by molar-refractivity contribution is 0.500. The third kappa shape index (κ3) is 1.44. The molecular formula is C9H8F2O. The van der Waals surface area contributed by atoms with E-state index in [1.807, 2.05) is 0 Å². The molecule has 64 valence electrons. The maximum absolute atomic E-state index is 12.9. The molecule has 0 heterocycles. The number of rotatable bonds is 1. The number of hydrogen-bond donors (Lipinski definition) is 1. The normalized spacial score (nSPS) is 9.92. The van der Waals surface area contributed by atoms with Crippen LogP contribution < -0.4 is 0 Å². The van der Waals surface area contributed by atoms with Crippen LogP contribution in [0.1, 0.15) is 11.1 Å². The summed E-state index contributed by atoms with van der Waals surface area (Å²) in [6, 6.07) is 1.85. The molecule has 0 radical (unpaired) electrons. The van der Waals surface area contributed by atoms with E-state index in [1.165, 1.54) is 6.92 Å². The summed E-state index contributed by atoms with van der Waals surface area (Å²) >= 11 is 0. The van der Waals surface area contributed by atoms with Gasteiger partial charge in [-0.05, 0) is 18.6 Å². The fourth-order valence-electron chi connectivity index (χ4n) is 1.07. The van der Waals surface area contributed by atoms with Crippen molar-refractivity contribution in [3.8, 4) is 0 Å². The molecule has 0 aliphatic heterocycles. The highest BCUT2D eigenvalue weighted by molar-refractivity contribution is 5.60. The molecule has 0 bridgehead atoms. The summed E-state index contributed by atoms with van der Waals surface area (Å²) in [4.78, 5) is 0. The zero-order valence-corrected chi connectivity index (χ0v) is 6.56. The van der Waals surface area contributed by atoms with Crippen molar-refractivity contribution in [1.29, 1.82) is 0 Å². The van der Waals surface area contributed by atoms with Crippen molar-refractivity contribution in [2.45, 2.75) is 6.92 Å². The molecule has 0 aromatic heterocycles. The first kappa shape index (κ1) is 8.71. The summed E-state index contributed by atoms with van der Waals surface area (Å²) in [7, 11) is 0. The van der Waals surface area contributed by atoms with Gasteiger partial charge in [-0.25, -0.2) is 8.78 Å². The molecular weight excluding hydrogens is 162 g/mol. The molecule has 0 fully saturated rings. The van der Waals surface area contributed by atoms with Crippen LogP contribution in [0, 0.1) is 18.6 Å². The molecule has 1 nitrogen and oxygen atoms in total. The maximum Gasteiger partial charge on any atom is 0.137 e. The van der Waals surface area contributed by atoms with Crippen LogP contribution in [-0.2, 0) is 0 Å². The third-order valence-corrected chi connectivity index (χ3v) is 1.54. The Morgan fingerprint density at radius 3 is 2.42 bits per heavy atom. The average molecular weight is 170 g/mol. The lowest BCUT2D eigenvalue weighted by atomic mass is 10.1. The predicted octanol–water partition coefficient (Wildman–Crippen LogP) is 2.80. The summed E-state index contributed by atoms with van der Waals surface area (Å²) in [6.45, 7) is 4.67. The van der Waals surface area contributed by atoms with Crippen LogP contribution >= 0.6 is 0 Å². The second-order valence-corrected chi connectivity index (χ2v) is 2.53. The molecule has 0 unspecified atom stereocenters. The van der Waals surface area contributed by atoms with Gasteiger partial charge in [-0.15, -0.1) is 0 Å². The van der Waals surface area contributed by atoms with Gasteiger partial charge in [0.15, 0.2) is 0 Å². The Bertz CT molecular complexity index is 308. The van der Waals surface area contributed by atoms with Gasteiger partial charge in [0.2, 0.25) is 0 Å². The summed E-state index contributed by atoms with van der Waals surface area (Å²) in [5, 5.41) is 8.92. The van der Waals surface area contributed by atoms with E-state index < -0.39 is 11.6 Å². The molecule has 0 saturated heterocycles.